The summed E-state index contributed by atoms with van der Waals surface area (Å²) in [6, 6.07) is 5.56. The van der Waals surface area contributed by atoms with Gasteiger partial charge in [-0.25, -0.2) is 4.79 Å². The second kappa shape index (κ2) is 8.13. The van der Waals surface area contributed by atoms with Crippen LogP contribution in [0, 0.1) is 20.8 Å². The van der Waals surface area contributed by atoms with Crippen molar-refractivity contribution in [3.8, 4) is 5.75 Å². The lowest BCUT2D eigenvalue weighted by Crippen LogP contribution is -2.40. The van der Waals surface area contributed by atoms with Crippen LogP contribution in [0.3, 0.4) is 0 Å². The molecule has 1 fully saturated rings. The Balaban J connectivity index is 1.68. The first-order chi connectivity index (χ1) is 12.9. The van der Waals surface area contributed by atoms with Gasteiger partial charge in [0.05, 0.1) is 12.0 Å². The molecule has 2 aromatic rings. The van der Waals surface area contributed by atoms with Crippen molar-refractivity contribution < 1.29 is 19.1 Å². The molecule has 0 saturated carbocycles. The van der Waals surface area contributed by atoms with Gasteiger partial charge in [-0.05, 0) is 67.8 Å². The van der Waals surface area contributed by atoms with Gasteiger partial charge in [-0.2, -0.15) is 0 Å². The van der Waals surface area contributed by atoms with Crippen molar-refractivity contribution in [1.29, 1.82) is 0 Å². The molecule has 2 heterocycles. The van der Waals surface area contributed by atoms with E-state index in [0.717, 1.165) is 28.9 Å². The highest BCUT2D eigenvalue weighted by molar-refractivity contribution is 7.12. The summed E-state index contributed by atoms with van der Waals surface area (Å²) in [5, 5.41) is 1.94. The number of carbonyl (C=O) groups is 2. The molecule has 0 spiro atoms. The summed E-state index contributed by atoms with van der Waals surface area (Å²) >= 11 is 1.39. The highest BCUT2D eigenvalue weighted by Gasteiger charge is 2.35. The summed E-state index contributed by atoms with van der Waals surface area (Å²) in [6.07, 6.45) is 1.48. The van der Waals surface area contributed by atoms with E-state index in [1.807, 2.05) is 24.4 Å². The first kappa shape index (κ1) is 19.4. The maximum atomic E-state index is 12.8. The number of likely N-dealkylation sites (tertiary alicyclic amines) is 1. The lowest BCUT2D eigenvalue weighted by molar-refractivity contribution is -0.145. The number of aryl methyl sites for hydroxylation is 2. The first-order valence-electron chi connectivity index (χ1n) is 9.07. The molecule has 3 rings (SSSR count). The quantitative estimate of drug-likeness (QED) is 0.727. The van der Waals surface area contributed by atoms with Crippen LogP contribution in [0.5, 0.6) is 5.75 Å². The van der Waals surface area contributed by atoms with Crippen LogP contribution in [-0.4, -0.2) is 36.5 Å². The summed E-state index contributed by atoms with van der Waals surface area (Å²) in [4.78, 5) is 26.9. The van der Waals surface area contributed by atoms with E-state index in [9.17, 15) is 9.59 Å². The van der Waals surface area contributed by atoms with Crippen molar-refractivity contribution in [3.63, 3.8) is 0 Å². The monoisotopic (exact) mass is 387 g/mol. The van der Waals surface area contributed by atoms with Gasteiger partial charge in [0, 0.05) is 12.1 Å². The minimum atomic E-state index is -0.470. The lowest BCUT2D eigenvalue weighted by Gasteiger charge is -2.21. The molecule has 0 N–H and O–H groups in total. The highest BCUT2D eigenvalue weighted by atomic mass is 32.1. The fraction of sp³-hybridized carbons (Fsp3) is 0.429. The predicted molar refractivity (Wildman–Crippen MR) is 105 cm³/mol. The molecule has 1 amide bonds. The van der Waals surface area contributed by atoms with E-state index in [1.165, 1.54) is 24.0 Å². The fourth-order valence-electron chi connectivity index (χ4n) is 3.41. The molecule has 1 aromatic heterocycles. The third-order valence-corrected chi connectivity index (χ3v) is 5.98. The summed E-state index contributed by atoms with van der Waals surface area (Å²) in [5.74, 6) is 0.421. The number of ether oxygens (including phenoxy) is 2. The molecule has 144 valence electrons. The Labute approximate surface area is 163 Å². The van der Waals surface area contributed by atoms with E-state index >= 15 is 0 Å². The van der Waals surface area contributed by atoms with E-state index in [4.69, 9.17) is 9.47 Å². The van der Waals surface area contributed by atoms with Crippen LogP contribution in [0.15, 0.2) is 23.6 Å². The van der Waals surface area contributed by atoms with Crippen LogP contribution in [0.2, 0.25) is 0 Å². The van der Waals surface area contributed by atoms with E-state index < -0.39 is 6.04 Å². The number of benzene rings is 1. The largest absolute Gasteiger partial charge is 0.489 e. The maximum absolute atomic E-state index is 12.8. The number of carbonyl (C=O) groups excluding carboxylic acids is 2. The van der Waals surface area contributed by atoms with Crippen molar-refractivity contribution in [2.24, 2.45) is 0 Å². The van der Waals surface area contributed by atoms with E-state index in [2.05, 4.69) is 19.9 Å². The van der Waals surface area contributed by atoms with Gasteiger partial charge in [-0.1, -0.05) is 6.07 Å². The van der Waals surface area contributed by atoms with Crippen molar-refractivity contribution in [3.05, 3.63) is 50.7 Å². The van der Waals surface area contributed by atoms with Gasteiger partial charge in [0.25, 0.3) is 5.91 Å². The minimum Gasteiger partial charge on any atom is -0.489 e. The van der Waals surface area contributed by atoms with Crippen LogP contribution in [0.1, 0.15) is 44.8 Å². The van der Waals surface area contributed by atoms with Gasteiger partial charge in [-0.3, -0.25) is 4.79 Å². The minimum absolute atomic E-state index is 0.110. The summed E-state index contributed by atoms with van der Waals surface area (Å²) in [6.45, 7) is 7.17. The number of esters is 1. The second-order valence-electron chi connectivity index (χ2n) is 6.99. The van der Waals surface area contributed by atoms with Crippen LogP contribution >= 0.6 is 11.3 Å². The molecule has 1 saturated heterocycles. The maximum Gasteiger partial charge on any atom is 0.328 e. The predicted octanol–water partition coefficient (Wildman–Crippen LogP) is 4.03. The van der Waals surface area contributed by atoms with Crippen molar-refractivity contribution >= 4 is 23.2 Å². The van der Waals surface area contributed by atoms with E-state index in [0.29, 0.717) is 24.4 Å². The Hall–Kier alpha value is -2.34. The molecule has 0 aliphatic carbocycles. The second-order valence-corrected chi connectivity index (χ2v) is 7.90. The van der Waals surface area contributed by atoms with Crippen LogP contribution < -0.4 is 4.74 Å². The molecule has 27 heavy (non-hydrogen) atoms. The molecule has 6 heteroatoms. The standard InChI is InChI=1S/C21H25NO4S/c1-13-8-14(2)15(3)18(9-13)26-11-16-10-19(27-12-16)20(23)22-7-5-6-17(22)21(24)25-4/h8-10,12,17H,5-7,11H2,1-4H3. The normalized spacial score (nSPS) is 16.4. The first-order valence-corrected chi connectivity index (χ1v) is 9.95. The van der Waals surface area contributed by atoms with Crippen molar-refractivity contribution in [1.82, 2.24) is 4.90 Å². The topological polar surface area (TPSA) is 55.8 Å². The van der Waals surface area contributed by atoms with Gasteiger partial charge in [-0.15, -0.1) is 11.3 Å². The lowest BCUT2D eigenvalue weighted by atomic mass is 10.1. The molecular weight excluding hydrogens is 362 g/mol. The molecular formula is C21H25NO4S. The van der Waals surface area contributed by atoms with E-state index in [1.54, 1.807) is 4.90 Å². The zero-order valence-corrected chi connectivity index (χ0v) is 17.0. The zero-order chi connectivity index (χ0) is 19.6. The smallest absolute Gasteiger partial charge is 0.328 e. The number of thiophene rings is 1. The van der Waals surface area contributed by atoms with Gasteiger partial charge < -0.3 is 14.4 Å². The Bertz CT molecular complexity index is 858. The summed E-state index contributed by atoms with van der Waals surface area (Å²) in [7, 11) is 1.36. The molecule has 1 atom stereocenters. The molecule has 5 nitrogen and oxygen atoms in total. The molecule has 1 aliphatic heterocycles. The van der Waals surface area contributed by atoms with Crippen molar-refractivity contribution in [2.75, 3.05) is 13.7 Å². The Morgan fingerprint density at radius 3 is 2.74 bits per heavy atom. The molecule has 1 aliphatic rings. The Kier molecular flexibility index (Phi) is 5.85. The summed E-state index contributed by atoms with van der Waals surface area (Å²) in [5.41, 5.74) is 4.45. The summed E-state index contributed by atoms with van der Waals surface area (Å²) < 4.78 is 10.8. The number of hydrogen-bond donors (Lipinski definition) is 0. The van der Waals surface area contributed by atoms with Crippen LogP contribution in [0.4, 0.5) is 0 Å². The third-order valence-electron chi connectivity index (χ3n) is 5.01. The molecule has 0 bridgehead atoms. The highest BCUT2D eigenvalue weighted by Crippen LogP contribution is 2.27. The molecule has 0 radical (unpaired) electrons. The average Bonchev–Trinajstić information content (AvgIpc) is 3.31. The van der Waals surface area contributed by atoms with Gasteiger partial charge >= 0.3 is 5.97 Å². The average molecular weight is 388 g/mol. The number of nitrogens with zero attached hydrogens (tertiary/aromatic N) is 1. The third kappa shape index (κ3) is 4.16. The number of hydrogen-bond acceptors (Lipinski definition) is 5. The Morgan fingerprint density at radius 2 is 2.00 bits per heavy atom. The molecule has 1 aromatic carbocycles. The van der Waals surface area contributed by atoms with Crippen molar-refractivity contribution in [2.45, 2.75) is 46.3 Å². The number of methoxy groups -OCH3 is 1. The van der Waals surface area contributed by atoms with E-state index in [-0.39, 0.29) is 11.9 Å². The van der Waals surface area contributed by atoms with Crippen LogP contribution in [-0.2, 0) is 16.1 Å². The van der Waals surface area contributed by atoms with Gasteiger partial charge in [0.2, 0.25) is 0 Å². The van der Waals surface area contributed by atoms with Crippen LogP contribution in [0.25, 0.3) is 0 Å². The Morgan fingerprint density at radius 1 is 1.22 bits per heavy atom. The molecule has 1 unspecified atom stereocenters. The van der Waals surface area contributed by atoms with Gasteiger partial charge in [0.15, 0.2) is 0 Å². The zero-order valence-electron chi connectivity index (χ0n) is 16.2. The SMILES string of the molecule is COC(=O)C1CCCN1C(=O)c1cc(COc2cc(C)cc(C)c2C)cs1. The number of rotatable bonds is 5. The number of amides is 1. The van der Waals surface area contributed by atoms with Gasteiger partial charge in [0.1, 0.15) is 18.4 Å². The fourth-order valence-corrected chi connectivity index (χ4v) is 4.26.